The van der Waals surface area contributed by atoms with Gasteiger partial charge in [0, 0.05) is 30.4 Å². The van der Waals surface area contributed by atoms with Crippen LogP contribution in [0.2, 0.25) is 0 Å². The molecule has 1 aliphatic rings. The molecule has 1 aromatic heterocycles. The molecule has 0 spiro atoms. The number of fused-ring (bicyclic) bond motifs is 1. The average Bonchev–Trinajstić information content (AvgIpc) is 2.77. The van der Waals surface area contributed by atoms with Gasteiger partial charge in [-0.2, -0.15) is 0 Å². The molecule has 3 aromatic rings. The van der Waals surface area contributed by atoms with Crippen molar-refractivity contribution >= 4 is 16.7 Å². The summed E-state index contributed by atoms with van der Waals surface area (Å²) in [4.78, 5) is 28.3. The van der Waals surface area contributed by atoms with Crippen molar-refractivity contribution in [2.75, 3.05) is 20.2 Å². The van der Waals surface area contributed by atoms with Crippen molar-refractivity contribution in [2.24, 2.45) is 0 Å². The first kappa shape index (κ1) is 23.1. The number of amides is 1. The zero-order chi connectivity index (χ0) is 23.5. The lowest BCUT2D eigenvalue weighted by Crippen LogP contribution is -2.39. The number of nitrogens with zero attached hydrogens (tertiary/aromatic N) is 2. The van der Waals surface area contributed by atoms with Gasteiger partial charge in [0.1, 0.15) is 12.4 Å². The van der Waals surface area contributed by atoms with Crippen molar-refractivity contribution in [2.45, 2.75) is 52.1 Å². The van der Waals surface area contributed by atoms with Crippen LogP contribution in [0.4, 0.5) is 0 Å². The number of likely N-dealkylation sites (N-methyl/N-ethyl adjacent to an activating group) is 1. The number of pyridine rings is 1. The first-order valence-corrected chi connectivity index (χ1v) is 11.7. The van der Waals surface area contributed by atoms with Crippen LogP contribution in [0.5, 0.6) is 5.75 Å². The van der Waals surface area contributed by atoms with E-state index in [1.165, 1.54) is 0 Å². The fourth-order valence-electron chi connectivity index (χ4n) is 3.89. The Morgan fingerprint density at radius 3 is 2.67 bits per heavy atom. The number of carbonyl (C=O) groups is 1. The van der Waals surface area contributed by atoms with Crippen molar-refractivity contribution in [1.29, 1.82) is 0 Å². The summed E-state index contributed by atoms with van der Waals surface area (Å²) in [6.45, 7) is 7.60. The summed E-state index contributed by atoms with van der Waals surface area (Å²) >= 11 is 0. The summed E-state index contributed by atoms with van der Waals surface area (Å²) < 4.78 is 7.54. The molecular weight excluding hydrogens is 414 g/mol. The molecule has 0 radical (unpaired) electrons. The molecule has 0 unspecified atom stereocenters. The van der Waals surface area contributed by atoms with Crippen molar-refractivity contribution in [3.8, 4) is 11.4 Å². The Labute approximate surface area is 195 Å². The third-order valence-corrected chi connectivity index (χ3v) is 6.64. The van der Waals surface area contributed by atoms with Gasteiger partial charge in [-0.05, 0) is 88.4 Å². The third-order valence-electron chi connectivity index (χ3n) is 6.64. The minimum absolute atomic E-state index is 0.0863. The van der Waals surface area contributed by atoms with Crippen molar-refractivity contribution in [3.63, 3.8) is 0 Å². The van der Waals surface area contributed by atoms with E-state index in [9.17, 15) is 9.59 Å². The molecule has 174 valence electrons. The predicted molar refractivity (Wildman–Crippen MR) is 133 cm³/mol. The lowest BCUT2D eigenvalue weighted by Gasteiger charge is -2.26. The van der Waals surface area contributed by atoms with Crippen molar-refractivity contribution in [3.05, 3.63) is 70.1 Å². The second kappa shape index (κ2) is 9.79. The SMILES string of the molecule is Cc1ccc(C(=O)NC2CCC2)cc1-n1ccc2ccc(OCCN(C)C(C)C)cc2c1=O. The topological polar surface area (TPSA) is 63.6 Å². The number of carbonyl (C=O) groups excluding carboxylic acids is 1. The number of hydrogen-bond acceptors (Lipinski definition) is 4. The van der Waals surface area contributed by atoms with Gasteiger partial charge in [0.05, 0.1) is 11.1 Å². The third kappa shape index (κ3) is 5.11. The van der Waals surface area contributed by atoms with Crippen LogP contribution in [0.1, 0.15) is 49.0 Å². The van der Waals surface area contributed by atoms with Gasteiger partial charge in [0.2, 0.25) is 0 Å². The van der Waals surface area contributed by atoms with Crippen molar-refractivity contribution in [1.82, 2.24) is 14.8 Å². The van der Waals surface area contributed by atoms with Crippen LogP contribution in [-0.2, 0) is 0 Å². The molecule has 6 nitrogen and oxygen atoms in total. The number of ether oxygens (including phenoxy) is 1. The molecular formula is C27H33N3O3. The molecule has 33 heavy (non-hydrogen) atoms. The van der Waals surface area contributed by atoms with E-state index in [0.717, 1.165) is 36.8 Å². The van der Waals surface area contributed by atoms with Gasteiger partial charge in [-0.1, -0.05) is 12.1 Å². The van der Waals surface area contributed by atoms with E-state index in [-0.39, 0.29) is 17.5 Å². The minimum atomic E-state index is -0.128. The number of hydrogen-bond donors (Lipinski definition) is 1. The molecule has 0 saturated heterocycles. The molecule has 4 rings (SSSR count). The molecule has 1 saturated carbocycles. The Hall–Kier alpha value is -3.12. The first-order valence-electron chi connectivity index (χ1n) is 11.7. The van der Waals surface area contributed by atoms with E-state index >= 15 is 0 Å². The molecule has 2 aromatic carbocycles. The lowest BCUT2D eigenvalue weighted by molar-refractivity contribution is 0.0917. The largest absolute Gasteiger partial charge is 0.492 e. The van der Waals surface area contributed by atoms with Gasteiger partial charge in [0.25, 0.3) is 11.5 Å². The fourth-order valence-corrected chi connectivity index (χ4v) is 3.89. The highest BCUT2D eigenvalue weighted by Crippen LogP contribution is 2.22. The Morgan fingerprint density at radius 2 is 1.97 bits per heavy atom. The molecule has 0 atom stereocenters. The minimum Gasteiger partial charge on any atom is -0.492 e. The Balaban J connectivity index is 1.61. The number of benzene rings is 2. The van der Waals surface area contributed by atoms with Crippen LogP contribution in [0.25, 0.3) is 16.5 Å². The lowest BCUT2D eigenvalue weighted by atomic mass is 9.93. The fraction of sp³-hybridized carbons (Fsp3) is 0.407. The summed E-state index contributed by atoms with van der Waals surface area (Å²) in [5.41, 5.74) is 2.09. The first-order chi connectivity index (χ1) is 15.8. The highest BCUT2D eigenvalue weighted by atomic mass is 16.5. The van der Waals surface area contributed by atoms with Crippen LogP contribution in [0.15, 0.2) is 53.5 Å². The molecule has 0 aliphatic heterocycles. The number of nitrogens with one attached hydrogen (secondary N) is 1. The quantitative estimate of drug-likeness (QED) is 0.559. The van der Waals surface area contributed by atoms with E-state index in [1.807, 2.05) is 43.3 Å². The zero-order valence-electron chi connectivity index (χ0n) is 19.9. The van der Waals surface area contributed by atoms with E-state index in [0.29, 0.717) is 35.0 Å². The van der Waals surface area contributed by atoms with Gasteiger partial charge < -0.3 is 15.0 Å². The highest BCUT2D eigenvalue weighted by molar-refractivity contribution is 5.95. The standard InChI is InChI=1S/C27H33N3O3/c1-18(2)29(4)14-15-33-23-11-10-20-12-13-30(27(32)24(20)17-23)25-16-21(9-8-19(25)3)26(31)28-22-6-5-7-22/h8-13,16-18,22H,5-7,14-15H2,1-4H3,(H,28,31). The number of rotatable bonds is 8. The van der Waals surface area contributed by atoms with Gasteiger partial charge in [-0.3, -0.25) is 14.2 Å². The van der Waals surface area contributed by atoms with Gasteiger partial charge >= 0.3 is 0 Å². The maximum atomic E-state index is 13.4. The Kier molecular flexibility index (Phi) is 6.84. The number of aryl methyl sites for hydroxylation is 1. The highest BCUT2D eigenvalue weighted by Gasteiger charge is 2.20. The van der Waals surface area contributed by atoms with Gasteiger partial charge in [-0.15, -0.1) is 0 Å². The molecule has 1 aliphatic carbocycles. The Morgan fingerprint density at radius 1 is 1.18 bits per heavy atom. The summed E-state index contributed by atoms with van der Waals surface area (Å²) in [5, 5.41) is 4.52. The van der Waals surface area contributed by atoms with Gasteiger partial charge in [0.15, 0.2) is 0 Å². The second-order valence-electron chi connectivity index (χ2n) is 9.27. The zero-order valence-corrected chi connectivity index (χ0v) is 19.9. The van der Waals surface area contributed by atoms with E-state index < -0.39 is 0 Å². The van der Waals surface area contributed by atoms with Crippen molar-refractivity contribution < 1.29 is 9.53 Å². The molecule has 0 bridgehead atoms. The molecule has 1 amide bonds. The second-order valence-corrected chi connectivity index (χ2v) is 9.27. The van der Waals surface area contributed by atoms with Crippen LogP contribution in [-0.4, -0.2) is 47.7 Å². The van der Waals surface area contributed by atoms with Crippen LogP contribution >= 0.6 is 0 Å². The maximum absolute atomic E-state index is 13.4. The van der Waals surface area contributed by atoms with Gasteiger partial charge in [-0.25, -0.2) is 0 Å². The summed E-state index contributed by atoms with van der Waals surface area (Å²) in [7, 11) is 2.07. The van der Waals surface area contributed by atoms with Crippen LogP contribution in [0.3, 0.4) is 0 Å². The van der Waals surface area contributed by atoms with Crippen LogP contribution in [0, 0.1) is 6.92 Å². The average molecular weight is 448 g/mol. The maximum Gasteiger partial charge on any atom is 0.263 e. The number of aromatic nitrogens is 1. The molecule has 1 heterocycles. The normalized spacial score (nSPS) is 14.0. The van der Waals surface area contributed by atoms with Crippen LogP contribution < -0.4 is 15.6 Å². The molecule has 1 fully saturated rings. The van der Waals surface area contributed by atoms with E-state index in [4.69, 9.17) is 4.74 Å². The summed E-state index contributed by atoms with van der Waals surface area (Å²) in [5.74, 6) is 0.594. The summed E-state index contributed by atoms with van der Waals surface area (Å²) in [6.07, 6.45) is 5.01. The smallest absolute Gasteiger partial charge is 0.263 e. The monoisotopic (exact) mass is 447 g/mol. The predicted octanol–water partition coefficient (Wildman–Crippen LogP) is 4.30. The van der Waals surface area contributed by atoms with E-state index in [1.54, 1.807) is 16.8 Å². The molecule has 1 N–H and O–H groups in total. The summed E-state index contributed by atoms with van der Waals surface area (Å²) in [6, 6.07) is 13.8. The Bertz CT molecular complexity index is 1210. The van der Waals surface area contributed by atoms with E-state index in [2.05, 4.69) is 31.1 Å². The molecule has 6 heteroatoms.